The van der Waals surface area contributed by atoms with Gasteiger partial charge in [0.15, 0.2) is 17.3 Å². The maximum absolute atomic E-state index is 11.7. The Morgan fingerprint density at radius 3 is 2.54 bits per heavy atom. The lowest BCUT2D eigenvalue weighted by Gasteiger charge is -2.40. The molecule has 0 aromatic heterocycles. The Labute approximate surface area is 151 Å². The van der Waals surface area contributed by atoms with E-state index in [2.05, 4.69) is 12.1 Å². The van der Waals surface area contributed by atoms with Crippen LogP contribution < -0.4 is 4.74 Å². The van der Waals surface area contributed by atoms with E-state index in [0.29, 0.717) is 18.8 Å². The Kier molecular flexibility index (Phi) is 3.14. The zero-order chi connectivity index (χ0) is 18.0. The highest BCUT2D eigenvalue weighted by Crippen LogP contribution is 2.55. The molecular weight excluding hydrogens is 328 g/mol. The SMILES string of the molecule is CC(=O)Oc1ccc2c(c1O)CCc1c-2ccc2c1C1CCC(=O)C=C21. The molecule has 26 heavy (non-hydrogen) atoms. The van der Waals surface area contributed by atoms with E-state index >= 15 is 0 Å². The fourth-order valence-electron chi connectivity index (χ4n) is 4.72. The van der Waals surface area contributed by atoms with Gasteiger partial charge in [-0.3, -0.25) is 9.59 Å². The number of carbonyl (C=O) groups excluding carboxylic acids is 2. The third-order valence-electron chi connectivity index (χ3n) is 5.80. The summed E-state index contributed by atoms with van der Waals surface area (Å²) in [7, 11) is 0. The minimum atomic E-state index is -0.441. The number of allylic oxidation sites excluding steroid dienone is 2. The van der Waals surface area contributed by atoms with Gasteiger partial charge in [0, 0.05) is 24.8 Å². The molecule has 0 amide bonds. The van der Waals surface area contributed by atoms with Crippen LogP contribution in [0, 0.1) is 0 Å². The van der Waals surface area contributed by atoms with Crippen molar-refractivity contribution in [1.29, 1.82) is 0 Å². The van der Waals surface area contributed by atoms with E-state index < -0.39 is 5.97 Å². The topological polar surface area (TPSA) is 63.6 Å². The maximum Gasteiger partial charge on any atom is 0.308 e. The molecule has 2 aromatic rings. The molecule has 0 saturated carbocycles. The Morgan fingerprint density at radius 1 is 1.04 bits per heavy atom. The van der Waals surface area contributed by atoms with Crippen molar-refractivity contribution >= 4 is 17.3 Å². The molecule has 3 aliphatic rings. The van der Waals surface area contributed by atoms with Gasteiger partial charge in [0.1, 0.15) is 0 Å². The first-order chi connectivity index (χ1) is 12.5. The lowest BCUT2D eigenvalue weighted by molar-refractivity contribution is -0.132. The van der Waals surface area contributed by atoms with Crippen molar-refractivity contribution in [3.63, 3.8) is 0 Å². The molecule has 2 aromatic carbocycles. The van der Waals surface area contributed by atoms with E-state index in [1.807, 2.05) is 12.1 Å². The van der Waals surface area contributed by atoms with E-state index in [4.69, 9.17) is 4.74 Å². The summed E-state index contributed by atoms with van der Waals surface area (Å²) >= 11 is 0. The number of hydrogen-bond acceptors (Lipinski definition) is 4. The third-order valence-corrected chi connectivity index (χ3v) is 5.80. The summed E-state index contributed by atoms with van der Waals surface area (Å²) in [5.41, 5.74) is 8.12. The van der Waals surface area contributed by atoms with Crippen molar-refractivity contribution in [1.82, 2.24) is 0 Å². The molecule has 1 N–H and O–H groups in total. The van der Waals surface area contributed by atoms with Gasteiger partial charge in [-0.2, -0.15) is 0 Å². The van der Waals surface area contributed by atoms with Crippen molar-refractivity contribution in [3.8, 4) is 22.6 Å². The van der Waals surface area contributed by atoms with Gasteiger partial charge in [0.05, 0.1) is 0 Å². The number of esters is 1. The highest BCUT2D eigenvalue weighted by Gasteiger charge is 2.39. The molecule has 0 radical (unpaired) electrons. The number of aromatic hydroxyl groups is 1. The highest BCUT2D eigenvalue weighted by atomic mass is 16.5. The van der Waals surface area contributed by atoms with Gasteiger partial charge in [0.25, 0.3) is 0 Å². The summed E-state index contributed by atoms with van der Waals surface area (Å²) < 4.78 is 5.11. The van der Waals surface area contributed by atoms with Crippen molar-refractivity contribution in [2.75, 3.05) is 0 Å². The Morgan fingerprint density at radius 2 is 1.73 bits per heavy atom. The summed E-state index contributed by atoms with van der Waals surface area (Å²) in [6, 6.07) is 7.78. The Hall–Kier alpha value is -2.88. The average molecular weight is 346 g/mol. The first kappa shape index (κ1) is 15.4. The molecule has 0 heterocycles. The molecular formula is C22H18O4. The van der Waals surface area contributed by atoms with Crippen LogP contribution in [0.3, 0.4) is 0 Å². The molecule has 0 fully saturated rings. The minimum absolute atomic E-state index is 0.0647. The van der Waals surface area contributed by atoms with Gasteiger partial charge in [0.2, 0.25) is 0 Å². The van der Waals surface area contributed by atoms with E-state index in [9.17, 15) is 14.7 Å². The molecule has 1 atom stereocenters. The molecule has 1 unspecified atom stereocenters. The van der Waals surface area contributed by atoms with Gasteiger partial charge in [-0.15, -0.1) is 0 Å². The number of phenols is 1. The van der Waals surface area contributed by atoms with Crippen LogP contribution in [0.5, 0.6) is 11.5 Å². The standard InChI is InChI=1S/C22H18O4/c1-11(23)26-20-9-8-14-13-4-5-17-19-10-12(24)2-3-16(19)21(17)15(13)6-7-18(14)22(20)25/h4-5,8-10,16,25H,2-3,6-7H2,1H3. The van der Waals surface area contributed by atoms with Crippen LogP contribution in [0.15, 0.2) is 30.3 Å². The van der Waals surface area contributed by atoms with Crippen LogP contribution >= 0.6 is 0 Å². The highest BCUT2D eigenvalue weighted by molar-refractivity contribution is 6.04. The van der Waals surface area contributed by atoms with E-state index in [0.717, 1.165) is 29.5 Å². The largest absolute Gasteiger partial charge is 0.504 e. The van der Waals surface area contributed by atoms with Crippen LogP contribution in [0.1, 0.15) is 47.9 Å². The zero-order valence-electron chi connectivity index (χ0n) is 14.5. The summed E-state index contributed by atoms with van der Waals surface area (Å²) in [6.45, 7) is 1.33. The number of phenolic OH excluding ortho intramolecular Hbond substituents is 1. The lowest BCUT2D eigenvalue weighted by atomic mass is 9.63. The molecule has 0 aliphatic heterocycles. The van der Waals surface area contributed by atoms with Crippen LogP contribution in [0.2, 0.25) is 0 Å². The molecule has 5 rings (SSSR count). The zero-order valence-corrected chi connectivity index (χ0v) is 14.5. The number of ketones is 1. The quantitative estimate of drug-likeness (QED) is 0.628. The predicted octanol–water partition coefficient (Wildman–Crippen LogP) is 3.93. The van der Waals surface area contributed by atoms with Crippen LogP contribution in [-0.4, -0.2) is 16.9 Å². The summed E-state index contributed by atoms with van der Waals surface area (Å²) in [5.74, 6) is 0.458. The Bertz CT molecular complexity index is 1030. The molecule has 0 bridgehead atoms. The number of hydrogen-bond donors (Lipinski definition) is 1. The lowest BCUT2D eigenvalue weighted by Crippen LogP contribution is -2.25. The second kappa shape index (κ2) is 5.31. The number of benzene rings is 2. The van der Waals surface area contributed by atoms with Gasteiger partial charge in [-0.1, -0.05) is 18.2 Å². The monoisotopic (exact) mass is 346 g/mol. The summed E-state index contributed by atoms with van der Waals surface area (Å²) in [4.78, 5) is 22.9. The van der Waals surface area contributed by atoms with Crippen molar-refractivity contribution < 1.29 is 19.4 Å². The van der Waals surface area contributed by atoms with Crippen LogP contribution in [-0.2, 0) is 22.4 Å². The Balaban J connectivity index is 1.64. The molecule has 0 spiro atoms. The molecule has 4 heteroatoms. The molecule has 130 valence electrons. The first-order valence-corrected chi connectivity index (χ1v) is 8.99. The normalized spacial score (nSPS) is 19.3. The van der Waals surface area contributed by atoms with Crippen molar-refractivity contribution in [3.05, 3.63) is 52.6 Å². The van der Waals surface area contributed by atoms with Crippen molar-refractivity contribution in [2.24, 2.45) is 0 Å². The molecule has 3 aliphatic carbocycles. The smallest absolute Gasteiger partial charge is 0.308 e. The summed E-state index contributed by atoms with van der Waals surface area (Å²) in [5, 5.41) is 10.5. The fraction of sp³-hybridized carbons (Fsp3) is 0.273. The number of carbonyl (C=O) groups is 2. The first-order valence-electron chi connectivity index (χ1n) is 8.99. The van der Waals surface area contributed by atoms with Crippen LogP contribution in [0.25, 0.3) is 16.7 Å². The second-order valence-corrected chi connectivity index (χ2v) is 7.24. The third kappa shape index (κ3) is 2.02. The van der Waals surface area contributed by atoms with E-state index in [-0.39, 0.29) is 17.3 Å². The van der Waals surface area contributed by atoms with E-state index in [1.165, 1.54) is 29.2 Å². The maximum atomic E-state index is 11.7. The van der Waals surface area contributed by atoms with E-state index in [1.54, 1.807) is 6.07 Å². The molecule has 4 nitrogen and oxygen atoms in total. The average Bonchev–Trinajstić information content (AvgIpc) is 2.61. The minimum Gasteiger partial charge on any atom is -0.504 e. The molecule has 0 saturated heterocycles. The number of ether oxygens (including phenoxy) is 1. The van der Waals surface area contributed by atoms with Gasteiger partial charge in [-0.25, -0.2) is 0 Å². The number of rotatable bonds is 1. The second-order valence-electron chi connectivity index (χ2n) is 7.24. The van der Waals surface area contributed by atoms with Crippen LogP contribution in [0.4, 0.5) is 0 Å². The van der Waals surface area contributed by atoms with Gasteiger partial charge >= 0.3 is 5.97 Å². The summed E-state index contributed by atoms with van der Waals surface area (Å²) in [6.07, 6.45) is 4.90. The van der Waals surface area contributed by atoms with Gasteiger partial charge in [-0.05, 0) is 64.8 Å². The predicted molar refractivity (Wildman–Crippen MR) is 97.2 cm³/mol. The van der Waals surface area contributed by atoms with Crippen molar-refractivity contribution in [2.45, 2.75) is 38.5 Å². The fourth-order valence-corrected chi connectivity index (χ4v) is 4.72. The van der Waals surface area contributed by atoms with Gasteiger partial charge < -0.3 is 9.84 Å². The number of fused-ring (bicyclic) bond motifs is 8.